The normalized spacial score (nSPS) is 35.6. The number of nitrogens with two attached hydrogens (primary N) is 1. The molecule has 0 unspecified atom stereocenters. The van der Waals surface area contributed by atoms with Crippen molar-refractivity contribution in [1.29, 1.82) is 0 Å². The molecule has 0 amide bonds. The van der Waals surface area contributed by atoms with Gasteiger partial charge < -0.3 is 5.73 Å². The lowest BCUT2D eigenvalue weighted by Gasteiger charge is -2.01. The molecule has 0 radical (unpaired) electrons. The Morgan fingerprint density at radius 2 is 2.18 bits per heavy atom. The molecule has 4 nitrogen and oxygen atoms in total. The van der Waals surface area contributed by atoms with Crippen LogP contribution >= 0.6 is 12.4 Å². The van der Waals surface area contributed by atoms with Crippen molar-refractivity contribution in [2.75, 3.05) is 0 Å². The Kier molecular flexibility index (Phi) is 4.18. The summed E-state index contributed by atoms with van der Waals surface area (Å²) in [5, 5.41) is 3.38. The Labute approximate surface area is 70.0 Å². The van der Waals surface area contributed by atoms with E-state index < -0.39 is 12.2 Å². The monoisotopic (exact) mass is 180 g/mol. The molecule has 64 valence electrons. The highest BCUT2D eigenvalue weighted by Gasteiger charge is 2.30. The minimum Gasteiger partial charge on any atom is -0.325 e. The maximum Gasteiger partial charge on any atom is 0.116 e. The number of nitrogens with zero attached hydrogens (tertiary/aromatic N) is 3. The van der Waals surface area contributed by atoms with E-state index in [2.05, 4.69) is 10.0 Å². The summed E-state index contributed by atoms with van der Waals surface area (Å²) in [6, 6.07) is -0.662. The quantitative estimate of drug-likeness (QED) is 0.371. The van der Waals surface area contributed by atoms with Gasteiger partial charge in [-0.25, -0.2) is 4.39 Å². The van der Waals surface area contributed by atoms with Crippen molar-refractivity contribution in [2.24, 2.45) is 10.8 Å². The summed E-state index contributed by atoms with van der Waals surface area (Å²) in [5.41, 5.74) is 13.3. The van der Waals surface area contributed by atoms with Crippen LogP contribution in [0.4, 0.5) is 4.39 Å². The summed E-state index contributed by atoms with van der Waals surface area (Å²) in [6.45, 7) is 0. The molecule has 0 aliphatic heterocycles. The van der Waals surface area contributed by atoms with Crippen LogP contribution in [0.5, 0.6) is 0 Å². The second-order valence-corrected chi connectivity index (χ2v) is 2.51. The number of alkyl halides is 1. The standard InChI is InChI=1S/C5H9FN4.ClH/c6-4-1-3(9-10-8)2-5(4)7;/h3-5H,1-2,7H2;1H/t3-,4+,5+;/m0./s1. The van der Waals surface area contributed by atoms with Crippen molar-refractivity contribution >= 4 is 12.4 Å². The van der Waals surface area contributed by atoms with Crippen LogP contribution in [0.25, 0.3) is 10.4 Å². The summed E-state index contributed by atoms with van der Waals surface area (Å²) in [5.74, 6) is 0. The molecule has 1 saturated carbocycles. The molecular formula is C5H10ClFN4. The van der Waals surface area contributed by atoms with E-state index in [1.165, 1.54) is 0 Å². The predicted molar refractivity (Wildman–Crippen MR) is 42.3 cm³/mol. The Balaban J connectivity index is 0.000001000. The molecular weight excluding hydrogens is 171 g/mol. The number of azide groups is 1. The van der Waals surface area contributed by atoms with Gasteiger partial charge in [0.15, 0.2) is 0 Å². The lowest BCUT2D eigenvalue weighted by atomic mass is 10.2. The summed E-state index contributed by atoms with van der Waals surface area (Å²) in [6.07, 6.45) is -0.230. The molecule has 2 N–H and O–H groups in total. The van der Waals surface area contributed by atoms with Crippen molar-refractivity contribution in [3.8, 4) is 0 Å². The average molecular weight is 181 g/mol. The molecule has 0 heterocycles. The largest absolute Gasteiger partial charge is 0.325 e. The van der Waals surface area contributed by atoms with Crippen LogP contribution < -0.4 is 5.73 Å². The fourth-order valence-corrected chi connectivity index (χ4v) is 1.16. The average Bonchev–Trinajstić information content (AvgIpc) is 2.14. The molecule has 3 atom stereocenters. The van der Waals surface area contributed by atoms with Gasteiger partial charge in [-0.3, -0.25) is 0 Å². The van der Waals surface area contributed by atoms with E-state index in [0.717, 1.165) is 0 Å². The highest BCUT2D eigenvalue weighted by atomic mass is 35.5. The smallest absolute Gasteiger partial charge is 0.116 e. The molecule has 0 aromatic rings. The SMILES string of the molecule is Cl.[N-]=[N+]=N[C@@H]1C[C@@H](N)[C@H](F)C1. The molecule has 0 bridgehead atoms. The van der Waals surface area contributed by atoms with Gasteiger partial charge in [0.25, 0.3) is 0 Å². The zero-order valence-corrected chi connectivity index (χ0v) is 6.67. The van der Waals surface area contributed by atoms with Crippen LogP contribution in [0.1, 0.15) is 12.8 Å². The molecule has 6 heteroatoms. The zero-order chi connectivity index (χ0) is 7.56. The number of rotatable bonds is 1. The molecule has 0 aromatic carbocycles. The molecule has 0 aromatic heterocycles. The maximum absolute atomic E-state index is 12.6. The van der Waals surface area contributed by atoms with Crippen LogP contribution in [0.15, 0.2) is 5.11 Å². The Hall–Kier alpha value is -0.510. The predicted octanol–water partition coefficient (Wildman–Crippen LogP) is 1.55. The summed E-state index contributed by atoms with van der Waals surface area (Å²) < 4.78 is 12.6. The molecule has 0 spiro atoms. The van der Waals surface area contributed by atoms with E-state index in [1.807, 2.05) is 0 Å². The van der Waals surface area contributed by atoms with E-state index in [1.54, 1.807) is 0 Å². The van der Waals surface area contributed by atoms with Crippen LogP contribution in [0, 0.1) is 0 Å². The number of hydrogen-bond acceptors (Lipinski definition) is 2. The van der Waals surface area contributed by atoms with E-state index >= 15 is 0 Å². The van der Waals surface area contributed by atoms with E-state index in [-0.39, 0.29) is 24.9 Å². The molecule has 1 fully saturated rings. The number of halogens is 2. The Morgan fingerprint density at radius 1 is 1.55 bits per heavy atom. The van der Waals surface area contributed by atoms with Gasteiger partial charge in [-0.1, -0.05) is 5.11 Å². The second-order valence-electron chi connectivity index (χ2n) is 2.51. The molecule has 1 aliphatic carbocycles. The fourth-order valence-electron chi connectivity index (χ4n) is 1.16. The van der Waals surface area contributed by atoms with Gasteiger partial charge in [0, 0.05) is 17.0 Å². The first kappa shape index (κ1) is 10.5. The third-order valence-corrected chi connectivity index (χ3v) is 1.72. The minimum atomic E-state index is -0.990. The van der Waals surface area contributed by atoms with Crippen LogP contribution in [-0.4, -0.2) is 18.3 Å². The fraction of sp³-hybridized carbons (Fsp3) is 1.00. The third kappa shape index (κ3) is 2.54. The highest BCUT2D eigenvalue weighted by molar-refractivity contribution is 5.85. The van der Waals surface area contributed by atoms with Gasteiger partial charge in [0.2, 0.25) is 0 Å². The second kappa shape index (κ2) is 4.38. The minimum absolute atomic E-state index is 0. The summed E-state index contributed by atoms with van der Waals surface area (Å²) >= 11 is 0. The van der Waals surface area contributed by atoms with E-state index in [0.29, 0.717) is 6.42 Å². The molecule has 1 aliphatic rings. The van der Waals surface area contributed by atoms with Crippen molar-refractivity contribution in [3.63, 3.8) is 0 Å². The molecule has 11 heavy (non-hydrogen) atoms. The van der Waals surface area contributed by atoms with Gasteiger partial charge in [0.1, 0.15) is 6.17 Å². The lowest BCUT2D eigenvalue weighted by Crippen LogP contribution is -2.25. The van der Waals surface area contributed by atoms with Gasteiger partial charge in [-0.05, 0) is 18.4 Å². The molecule has 1 rings (SSSR count). The zero-order valence-electron chi connectivity index (χ0n) is 5.85. The van der Waals surface area contributed by atoms with Crippen LogP contribution in [-0.2, 0) is 0 Å². The van der Waals surface area contributed by atoms with Crippen LogP contribution in [0.2, 0.25) is 0 Å². The topological polar surface area (TPSA) is 74.8 Å². The van der Waals surface area contributed by atoms with E-state index in [9.17, 15) is 4.39 Å². The van der Waals surface area contributed by atoms with Gasteiger partial charge in [0.05, 0.1) is 0 Å². The summed E-state index contributed by atoms with van der Waals surface area (Å²) in [7, 11) is 0. The lowest BCUT2D eigenvalue weighted by molar-refractivity contribution is 0.311. The Morgan fingerprint density at radius 3 is 2.55 bits per heavy atom. The third-order valence-electron chi connectivity index (χ3n) is 1.72. The first-order valence-electron chi connectivity index (χ1n) is 3.18. The first-order valence-corrected chi connectivity index (χ1v) is 3.18. The van der Waals surface area contributed by atoms with Crippen molar-refractivity contribution in [1.82, 2.24) is 0 Å². The first-order chi connectivity index (χ1) is 4.74. The van der Waals surface area contributed by atoms with Crippen molar-refractivity contribution in [2.45, 2.75) is 31.1 Å². The highest BCUT2D eigenvalue weighted by Crippen LogP contribution is 2.23. The van der Waals surface area contributed by atoms with Gasteiger partial charge >= 0.3 is 0 Å². The van der Waals surface area contributed by atoms with Gasteiger partial charge in [-0.2, -0.15) is 0 Å². The number of hydrogen-bond donors (Lipinski definition) is 1. The van der Waals surface area contributed by atoms with Crippen LogP contribution in [0.3, 0.4) is 0 Å². The van der Waals surface area contributed by atoms with Crippen molar-refractivity contribution in [3.05, 3.63) is 10.4 Å². The molecule has 0 saturated heterocycles. The maximum atomic E-state index is 12.6. The Bertz CT molecular complexity index is 160. The summed E-state index contributed by atoms with van der Waals surface area (Å²) in [4.78, 5) is 2.59. The van der Waals surface area contributed by atoms with E-state index in [4.69, 9.17) is 11.3 Å². The van der Waals surface area contributed by atoms with Crippen molar-refractivity contribution < 1.29 is 4.39 Å². The van der Waals surface area contributed by atoms with Gasteiger partial charge in [-0.15, -0.1) is 12.4 Å².